The van der Waals surface area contributed by atoms with E-state index in [0.29, 0.717) is 32.7 Å². The van der Waals surface area contributed by atoms with Crippen LogP contribution < -0.4 is 9.47 Å². The highest BCUT2D eigenvalue weighted by atomic mass is 35.5. The van der Waals surface area contributed by atoms with Crippen molar-refractivity contribution >= 4 is 77.9 Å². The van der Waals surface area contributed by atoms with E-state index >= 15 is 0 Å². The van der Waals surface area contributed by atoms with E-state index in [1.165, 1.54) is 59.1 Å². The standard InChI is InChI=1S/2C21H13ClFNO2S/c2*22-14-7-5-13(6-8-14)21(25)16-11-15(23)9-10-18(16)26-12-20-24-17-3-1-2-4-19(17)27-20/h2*1-11H,12H2. The topological polar surface area (TPSA) is 78.4 Å². The van der Waals surface area contributed by atoms with Gasteiger partial charge in [-0.15, -0.1) is 22.7 Å². The summed E-state index contributed by atoms with van der Waals surface area (Å²) in [7, 11) is 0. The Kier molecular flexibility index (Phi) is 11.4. The summed E-state index contributed by atoms with van der Waals surface area (Å²) in [4.78, 5) is 34.6. The second-order valence-electron chi connectivity index (χ2n) is 11.7. The number of thiazole rings is 2. The number of hydrogen-bond donors (Lipinski definition) is 0. The molecule has 0 atom stereocenters. The van der Waals surface area contributed by atoms with Crippen LogP contribution in [0.4, 0.5) is 8.78 Å². The summed E-state index contributed by atoms with van der Waals surface area (Å²) in [5, 5.41) is 2.62. The van der Waals surface area contributed by atoms with Crippen LogP contribution in [0.5, 0.6) is 11.5 Å². The fourth-order valence-electron chi connectivity index (χ4n) is 5.37. The molecular formula is C42H26Cl2F2N2O4S2. The molecule has 268 valence electrons. The number of rotatable bonds is 10. The number of ketones is 2. The zero-order chi connectivity index (χ0) is 37.6. The van der Waals surface area contributed by atoms with E-state index in [4.69, 9.17) is 32.7 Å². The van der Waals surface area contributed by atoms with Crippen molar-refractivity contribution in [2.24, 2.45) is 0 Å². The SMILES string of the molecule is O=C(c1ccc(Cl)cc1)c1cc(F)ccc1OCc1nc2ccccc2s1.O=C(c1ccc(Cl)cc1)c1cc(F)ccc1OCc1nc2ccccc2s1. The number of carbonyl (C=O) groups is 2. The minimum Gasteiger partial charge on any atom is -0.486 e. The molecule has 0 unspecified atom stereocenters. The summed E-state index contributed by atoms with van der Waals surface area (Å²) >= 11 is 14.8. The van der Waals surface area contributed by atoms with Crippen molar-refractivity contribution in [2.45, 2.75) is 13.2 Å². The lowest BCUT2D eigenvalue weighted by molar-refractivity contribution is 0.102. The number of benzene rings is 6. The minimum absolute atomic E-state index is 0.165. The molecule has 8 rings (SSSR count). The number of fused-ring (bicyclic) bond motifs is 2. The van der Waals surface area contributed by atoms with Crippen LogP contribution in [0.15, 0.2) is 133 Å². The molecule has 0 spiro atoms. The Morgan fingerprint density at radius 3 is 1.31 bits per heavy atom. The Bertz CT molecular complexity index is 2360. The number of halogens is 4. The van der Waals surface area contributed by atoms with Gasteiger partial charge in [0.25, 0.3) is 0 Å². The number of nitrogens with zero attached hydrogens (tertiary/aromatic N) is 2. The number of ether oxygens (including phenoxy) is 2. The van der Waals surface area contributed by atoms with Crippen molar-refractivity contribution in [1.82, 2.24) is 9.97 Å². The van der Waals surface area contributed by atoms with E-state index in [9.17, 15) is 18.4 Å². The van der Waals surface area contributed by atoms with Gasteiger partial charge in [-0.1, -0.05) is 47.5 Å². The van der Waals surface area contributed by atoms with Crippen LogP contribution in [-0.4, -0.2) is 21.5 Å². The highest BCUT2D eigenvalue weighted by molar-refractivity contribution is 7.18. The highest BCUT2D eigenvalue weighted by Gasteiger charge is 2.18. The van der Waals surface area contributed by atoms with Crippen molar-refractivity contribution in [3.8, 4) is 11.5 Å². The average Bonchev–Trinajstić information content (AvgIpc) is 3.81. The Labute approximate surface area is 326 Å². The number of para-hydroxylation sites is 2. The second kappa shape index (κ2) is 16.7. The summed E-state index contributed by atoms with van der Waals surface area (Å²) in [5.41, 5.74) is 2.96. The summed E-state index contributed by atoms with van der Waals surface area (Å²) < 4.78 is 41.2. The molecule has 12 heteroatoms. The van der Waals surface area contributed by atoms with Crippen LogP contribution in [0.25, 0.3) is 20.4 Å². The van der Waals surface area contributed by atoms with Crippen LogP contribution in [0.1, 0.15) is 41.9 Å². The fourth-order valence-corrected chi connectivity index (χ4v) is 7.38. The van der Waals surface area contributed by atoms with Gasteiger partial charge >= 0.3 is 0 Å². The summed E-state index contributed by atoms with van der Waals surface area (Å²) in [6, 6.07) is 36.3. The molecule has 0 amide bonds. The lowest BCUT2D eigenvalue weighted by Gasteiger charge is -2.10. The first-order valence-corrected chi connectivity index (χ1v) is 18.7. The van der Waals surface area contributed by atoms with Crippen LogP contribution >= 0.6 is 45.9 Å². The maximum atomic E-state index is 13.8. The molecule has 0 fully saturated rings. The van der Waals surface area contributed by atoms with E-state index in [-0.39, 0.29) is 35.9 Å². The predicted octanol–water partition coefficient (Wildman–Crippen LogP) is 11.8. The largest absolute Gasteiger partial charge is 0.486 e. The Morgan fingerprint density at radius 2 is 0.926 bits per heavy atom. The molecule has 0 bridgehead atoms. The lowest BCUT2D eigenvalue weighted by Crippen LogP contribution is -2.06. The van der Waals surface area contributed by atoms with Gasteiger partial charge in [0.05, 0.1) is 31.6 Å². The van der Waals surface area contributed by atoms with E-state index in [0.717, 1.165) is 30.4 Å². The molecule has 0 saturated carbocycles. The fraction of sp³-hybridized carbons (Fsp3) is 0.0476. The molecule has 0 radical (unpaired) electrons. The molecule has 0 aliphatic carbocycles. The first-order valence-electron chi connectivity index (χ1n) is 16.3. The van der Waals surface area contributed by atoms with Crippen molar-refractivity contribution < 1.29 is 27.8 Å². The van der Waals surface area contributed by atoms with Crippen LogP contribution in [-0.2, 0) is 13.2 Å². The van der Waals surface area contributed by atoms with Crippen molar-refractivity contribution in [3.05, 3.63) is 187 Å². The van der Waals surface area contributed by atoms with Gasteiger partial charge in [0.2, 0.25) is 0 Å². The Morgan fingerprint density at radius 1 is 0.537 bits per heavy atom. The normalized spacial score (nSPS) is 10.9. The molecule has 0 aliphatic rings. The van der Waals surface area contributed by atoms with Crippen LogP contribution in [0.2, 0.25) is 10.0 Å². The van der Waals surface area contributed by atoms with E-state index in [1.54, 1.807) is 48.5 Å². The molecule has 8 aromatic rings. The number of hydrogen-bond acceptors (Lipinski definition) is 8. The third-order valence-corrected chi connectivity index (χ3v) is 10.5. The summed E-state index contributed by atoms with van der Waals surface area (Å²) in [6.45, 7) is 0.401. The quantitative estimate of drug-likeness (QED) is 0.128. The molecule has 6 aromatic carbocycles. The van der Waals surface area contributed by atoms with Gasteiger partial charge in [-0.2, -0.15) is 0 Å². The Balaban J connectivity index is 0.000000167. The smallest absolute Gasteiger partial charge is 0.196 e. The van der Waals surface area contributed by atoms with Crippen molar-refractivity contribution in [2.75, 3.05) is 0 Å². The molecule has 0 saturated heterocycles. The predicted molar refractivity (Wildman–Crippen MR) is 210 cm³/mol. The Hall–Kier alpha value is -5.52. The van der Waals surface area contributed by atoms with Gasteiger partial charge in [-0.3, -0.25) is 9.59 Å². The van der Waals surface area contributed by atoms with E-state index < -0.39 is 11.6 Å². The molecule has 6 nitrogen and oxygen atoms in total. The minimum atomic E-state index is -0.500. The maximum Gasteiger partial charge on any atom is 0.196 e. The van der Waals surface area contributed by atoms with Crippen molar-refractivity contribution in [1.29, 1.82) is 0 Å². The molecule has 2 heterocycles. The van der Waals surface area contributed by atoms with Gasteiger partial charge in [-0.25, -0.2) is 18.7 Å². The lowest BCUT2D eigenvalue weighted by atomic mass is 10.0. The van der Waals surface area contributed by atoms with Gasteiger partial charge in [-0.05, 0) is 109 Å². The maximum absolute atomic E-state index is 13.8. The summed E-state index contributed by atoms with van der Waals surface area (Å²) in [5.74, 6) is -1.03. The van der Waals surface area contributed by atoms with Crippen molar-refractivity contribution in [3.63, 3.8) is 0 Å². The van der Waals surface area contributed by atoms with Gasteiger partial charge in [0, 0.05) is 21.2 Å². The molecular weight excluding hydrogens is 770 g/mol. The molecule has 0 N–H and O–H groups in total. The molecule has 0 aliphatic heterocycles. The molecule has 54 heavy (non-hydrogen) atoms. The summed E-state index contributed by atoms with van der Waals surface area (Å²) in [6.07, 6.45) is 0. The molecule has 2 aromatic heterocycles. The van der Waals surface area contributed by atoms with Gasteiger partial charge in [0.1, 0.15) is 46.4 Å². The van der Waals surface area contributed by atoms with E-state index in [2.05, 4.69) is 9.97 Å². The highest BCUT2D eigenvalue weighted by Crippen LogP contribution is 2.29. The first-order chi connectivity index (χ1) is 26.2. The van der Waals surface area contributed by atoms with E-state index in [1.807, 2.05) is 48.5 Å². The number of aromatic nitrogens is 2. The zero-order valence-corrected chi connectivity index (χ0v) is 31.1. The second-order valence-corrected chi connectivity index (χ2v) is 14.8. The monoisotopic (exact) mass is 794 g/mol. The van der Waals surface area contributed by atoms with Gasteiger partial charge < -0.3 is 9.47 Å². The van der Waals surface area contributed by atoms with Crippen LogP contribution in [0, 0.1) is 11.6 Å². The zero-order valence-electron chi connectivity index (χ0n) is 28.0. The third kappa shape index (κ3) is 8.81. The third-order valence-electron chi connectivity index (χ3n) is 7.96. The number of carbonyl (C=O) groups excluding carboxylic acids is 2. The average molecular weight is 796 g/mol. The van der Waals surface area contributed by atoms with Crippen LogP contribution in [0.3, 0.4) is 0 Å². The van der Waals surface area contributed by atoms with Gasteiger partial charge in [0.15, 0.2) is 11.6 Å². The first kappa shape index (κ1) is 36.8.